The van der Waals surface area contributed by atoms with E-state index in [1.165, 1.54) is 6.07 Å². The van der Waals surface area contributed by atoms with Crippen molar-refractivity contribution in [1.82, 2.24) is 25.2 Å². The van der Waals surface area contributed by atoms with Crippen molar-refractivity contribution in [2.75, 3.05) is 44.3 Å². The molecular weight excluding hydrogens is 430 g/mol. The number of carbonyl (C=O) groups excluding carboxylic acids is 1. The molecule has 2 aromatic heterocycles. The molecule has 33 heavy (non-hydrogen) atoms. The second-order valence-electron chi connectivity index (χ2n) is 8.61. The highest BCUT2D eigenvalue weighted by Crippen LogP contribution is 2.36. The maximum atomic E-state index is 14.6. The van der Waals surface area contributed by atoms with Gasteiger partial charge in [0.05, 0.1) is 5.69 Å². The number of carbonyl (C=O) groups is 1. The van der Waals surface area contributed by atoms with Crippen LogP contribution in [0.5, 0.6) is 0 Å². The number of alkyl halides is 1. The number of pyridine rings is 1. The lowest BCUT2D eigenvalue weighted by Crippen LogP contribution is -2.50. The molecule has 2 unspecified atom stereocenters. The second kappa shape index (κ2) is 10.4. The minimum atomic E-state index is -0.691. The van der Waals surface area contributed by atoms with E-state index in [-0.39, 0.29) is 17.8 Å². The molecule has 0 aromatic carbocycles. The topological polar surface area (TPSA) is 94.2 Å². The summed E-state index contributed by atoms with van der Waals surface area (Å²) in [5, 5.41) is 2.35. The monoisotopic (exact) mass is 460 g/mol. The Kier molecular flexibility index (Phi) is 7.32. The van der Waals surface area contributed by atoms with Crippen molar-refractivity contribution in [1.29, 1.82) is 0 Å². The van der Waals surface area contributed by atoms with E-state index in [2.05, 4.69) is 25.2 Å². The third kappa shape index (κ3) is 5.21. The summed E-state index contributed by atoms with van der Waals surface area (Å²) >= 11 is 0. The number of hydrogen-bond acceptors (Lipinski definition) is 6. The summed E-state index contributed by atoms with van der Waals surface area (Å²) < 4.78 is 26.8. The van der Waals surface area contributed by atoms with E-state index in [1.807, 2.05) is 18.0 Å². The quantitative estimate of drug-likeness (QED) is 0.614. The van der Waals surface area contributed by atoms with Crippen molar-refractivity contribution < 1.29 is 13.6 Å². The Labute approximate surface area is 191 Å². The standard InChI is InChI=1S/C23H30F2N6O2/c1-2-17-23(33)29-19(14-27-17)15-3-4-16(13-15)30-9-11-31(12-10-30)20-6-5-18(28-21(20)25)22(32)26-8-7-24/h5-6,14-16H,2-4,7-13H2,1H3,(H,26,32)(H,29,33). The van der Waals surface area contributed by atoms with Gasteiger partial charge in [0.2, 0.25) is 5.95 Å². The first-order chi connectivity index (χ1) is 16.0. The molecule has 0 spiro atoms. The zero-order valence-corrected chi connectivity index (χ0v) is 18.8. The van der Waals surface area contributed by atoms with Crippen LogP contribution in [0.3, 0.4) is 0 Å². The molecule has 2 N–H and O–H groups in total. The number of amides is 1. The summed E-state index contributed by atoms with van der Waals surface area (Å²) in [7, 11) is 0. The number of rotatable bonds is 7. The van der Waals surface area contributed by atoms with E-state index in [9.17, 15) is 18.4 Å². The van der Waals surface area contributed by atoms with Gasteiger partial charge in [-0.25, -0.2) is 9.37 Å². The molecule has 8 nitrogen and oxygen atoms in total. The van der Waals surface area contributed by atoms with Crippen LogP contribution in [0, 0.1) is 5.95 Å². The lowest BCUT2D eigenvalue weighted by Gasteiger charge is -2.39. The van der Waals surface area contributed by atoms with Gasteiger partial charge >= 0.3 is 0 Å². The number of aromatic amines is 1. The highest BCUT2D eigenvalue weighted by Gasteiger charge is 2.33. The highest BCUT2D eigenvalue weighted by molar-refractivity contribution is 5.92. The first kappa shape index (κ1) is 23.3. The summed E-state index contributed by atoms with van der Waals surface area (Å²) in [6, 6.07) is 3.46. The lowest BCUT2D eigenvalue weighted by atomic mass is 10.0. The van der Waals surface area contributed by atoms with Crippen molar-refractivity contribution in [3.8, 4) is 0 Å². The number of nitrogens with one attached hydrogen (secondary N) is 2. The molecule has 0 radical (unpaired) electrons. The van der Waals surface area contributed by atoms with E-state index in [1.54, 1.807) is 6.07 Å². The minimum Gasteiger partial charge on any atom is -0.365 e. The minimum absolute atomic E-state index is 0.0557. The number of aryl methyl sites for hydroxylation is 1. The summed E-state index contributed by atoms with van der Waals surface area (Å²) in [6.07, 6.45) is 5.47. The largest absolute Gasteiger partial charge is 0.365 e. The number of halogens is 2. The second-order valence-corrected chi connectivity index (χ2v) is 8.61. The number of anilines is 1. The molecule has 1 saturated carbocycles. The normalized spacial score (nSPS) is 21.4. The number of aromatic nitrogens is 3. The van der Waals surface area contributed by atoms with Crippen LogP contribution in [0.4, 0.5) is 14.5 Å². The molecule has 178 valence electrons. The maximum Gasteiger partial charge on any atom is 0.270 e. The highest BCUT2D eigenvalue weighted by atomic mass is 19.1. The predicted molar refractivity (Wildman–Crippen MR) is 121 cm³/mol. The Morgan fingerprint density at radius 1 is 1.24 bits per heavy atom. The van der Waals surface area contributed by atoms with Crippen molar-refractivity contribution in [2.45, 2.75) is 44.6 Å². The van der Waals surface area contributed by atoms with Crippen molar-refractivity contribution in [2.24, 2.45) is 0 Å². The first-order valence-electron chi connectivity index (χ1n) is 11.6. The molecule has 2 fully saturated rings. The van der Waals surface area contributed by atoms with Crippen LogP contribution in [0.1, 0.15) is 54.0 Å². The van der Waals surface area contributed by atoms with Crippen LogP contribution < -0.4 is 15.8 Å². The third-order valence-corrected chi connectivity index (χ3v) is 6.67. The van der Waals surface area contributed by atoms with Gasteiger partial charge in [-0.05, 0) is 37.8 Å². The smallest absolute Gasteiger partial charge is 0.270 e. The Bertz CT molecular complexity index is 1040. The molecule has 0 bridgehead atoms. The Hall–Kier alpha value is -2.88. The third-order valence-electron chi connectivity index (χ3n) is 6.67. The van der Waals surface area contributed by atoms with Crippen LogP contribution in [0.25, 0.3) is 0 Å². The maximum absolute atomic E-state index is 14.6. The van der Waals surface area contributed by atoms with Gasteiger partial charge in [-0.3, -0.25) is 19.5 Å². The SMILES string of the molecule is CCc1ncc(C2CCC(N3CCN(c4ccc(C(=O)NCCF)nc4F)CC3)C2)[nH]c1=O. The number of H-pyrrole nitrogens is 1. The van der Waals surface area contributed by atoms with Gasteiger partial charge in [0.25, 0.3) is 11.5 Å². The van der Waals surface area contributed by atoms with Crippen LogP contribution in [0.15, 0.2) is 23.1 Å². The fraction of sp³-hybridized carbons (Fsp3) is 0.565. The average Bonchev–Trinajstić information content (AvgIpc) is 3.33. The zero-order chi connectivity index (χ0) is 23.4. The summed E-state index contributed by atoms with van der Waals surface area (Å²) in [6.45, 7) is 4.05. The molecule has 10 heteroatoms. The van der Waals surface area contributed by atoms with Gasteiger partial charge in [-0.15, -0.1) is 0 Å². The number of nitrogens with zero attached hydrogens (tertiary/aromatic N) is 4. The van der Waals surface area contributed by atoms with E-state index >= 15 is 0 Å². The van der Waals surface area contributed by atoms with Crippen molar-refractivity contribution in [3.05, 3.63) is 51.7 Å². The van der Waals surface area contributed by atoms with Gasteiger partial charge in [0.1, 0.15) is 18.1 Å². The van der Waals surface area contributed by atoms with E-state index in [4.69, 9.17) is 0 Å². The summed E-state index contributed by atoms with van der Waals surface area (Å²) in [5.41, 5.74) is 1.72. The Morgan fingerprint density at radius 3 is 2.70 bits per heavy atom. The average molecular weight is 461 g/mol. The van der Waals surface area contributed by atoms with Gasteiger partial charge in [0, 0.05) is 56.6 Å². The van der Waals surface area contributed by atoms with E-state index < -0.39 is 18.5 Å². The fourth-order valence-electron chi connectivity index (χ4n) is 4.84. The Balaban J connectivity index is 1.32. The van der Waals surface area contributed by atoms with Gasteiger partial charge in [0.15, 0.2) is 0 Å². The first-order valence-corrected chi connectivity index (χ1v) is 11.6. The number of hydrogen-bond donors (Lipinski definition) is 2. The molecule has 2 aromatic rings. The number of piperazine rings is 1. The summed E-state index contributed by atoms with van der Waals surface area (Å²) in [4.78, 5) is 39.4. The lowest BCUT2D eigenvalue weighted by molar-refractivity contribution is 0.0944. The predicted octanol–water partition coefficient (Wildman–Crippen LogP) is 2.02. The molecule has 2 atom stereocenters. The van der Waals surface area contributed by atoms with Crippen molar-refractivity contribution in [3.63, 3.8) is 0 Å². The molecule has 1 saturated heterocycles. The molecule has 1 aliphatic carbocycles. The van der Waals surface area contributed by atoms with Crippen LogP contribution in [-0.2, 0) is 6.42 Å². The molecular formula is C23H30F2N6O2. The molecule has 1 amide bonds. The zero-order valence-electron chi connectivity index (χ0n) is 18.8. The van der Waals surface area contributed by atoms with Crippen LogP contribution >= 0.6 is 0 Å². The van der Waals surface area contributed by atoms with Gasteiger partial charge in [-0.2, -0.15) is 4.39 Å². The molecule has 1 aliphatic heterocycles. The van der Waals surface area contributed by atoms with E-state index in [0.29, 0.717) is 42.9 Å². The summed E-state index contributed by atoms with van der Waals surface area (Å²) in [5.74, 6) is -0.972. The molecule has 2 aliphatic rings. The van der Waals surface area contributed by atoms with E-state index in [0.717, 1.165) is 38.0 Å². The molecule has 4 rings (SSSR count). The van der Waals surface area contributed by atoms with Gasteiger partial charge in [-0.1, -0.05) is 6.92 Å². The van der Waals surface area contributed by atoms with Crippen molar-refractivity contribution >= 4 is 11.6 Å². The van der Waals surface area contributed by atoms with Crippen LogP contribution in [0.2, 0.25) is 0 Å². The Morgan fingerprint density at radius 2 is 2.03 bits per heavy atom. The fourth-order valence-corrected chi connectivity index (χ4v) is 4.84. The van der Waals surface area contributed by atoms with Gasteiger partial charge < -0.3 is 15.2 Å². The molecule has 3 heterocycles. The van der Waals surface area contributed by atoms with Crippen LogP contribution in [-0.4, -0.2) is 71.2 Å².